The largest absolute Gasteiger partial charge is 0.429 e. The minimum absolute atomic E-state index is 0.317. The van der Waals surface area contributed by atoms with Crippen LogP contribution < -0.4 is 0 Å². The molecular formula is C6H8ClNO. The molecule has 0 N–H and O–H groups in total. The number of hydrogen-bond donors (Lipinski definition) is 0. The molecule has 2 nitrogen and oxygen atoms in total. The Labute approximate surface area is 58.8 Å². The van der Waals surface area contributed by atoms with Gasteiger partial charge in [-0.15, -0.1) is 0 Å². The molecule has 50 valence electrons. The molecular weight excluding hydrogens is 138 g/mol. The van der Waals surface area contributed by atoms with Crippen molar-refractivity contribution in [3.63, 3.8) is 0 Å². The molecule has 0 bridgehead atoms. The third kappa shape index (κ3) is 1.45. The average molecular weight is 146 g/mol. The Balaban J connectivity index is 2.85. The summed E-state index contributed by atoms with van der Waals surface area (Å²) in [7, 11) is 0. The zero-order valence-corrected chi connectivity index (χ0v) is 6.14. The molecule has 0 aliphatic carbocycles. The maximum Gasteiger partial charge on any atom is 0.213 e. The number of aromatic nitrogens is 1. The molecule has 3 heteroatoms. The molecule has 1 aromatic rings. The highest BCUT2D eigenvalue weighted by atomic mass is 35.5. The molecule has 0 fully saturated rings. The van der Waals surface area contributed by atoms with E-state index in [2.05, 4.69) is 4.98 Å². The third-order valence-electron chi connectivity index (χ3n) is 0.989. The van der Waals surface area contributed by atoms with Crippen LogP contribution >= 0.6 is 11.6 Å². The Morgan fingerprint density at radius 2 is 2.33 bits per heavy atom. The van der Waals surface area contributed by atoms with E-state index in [9.17, 15) is 0 Å². The molecule has 0 aliphatic rings. The maximum absolute atomic E-state index is 5.48. The first kappa shape index (κ1) is 6.62. The summed E-state index contributed by atoms with van der Waals surface area (Å²) in [5.74, 6) is 1.01. The highest BCUT2D eigenvalue weighted by Crippen LogP contribution is 2.16. The first-order valence-electron chi connectivity index (χ1n) is 2.81. The molecule has 0 unspecified atom stereocenters. The topological polar surface area (TPSA) is 26.0 Å². The van der Waals surface area contributed by atoms with E-state index in [-0.39, 0.29) is 0 Å². The van der Waals surface area contributed by atoms with E-state index in [0.717, 1.165) is 0 Å². The van der Waals surface area contributed by atoms with Gasteiger partial charge in [0.25, 0.3) is 0 Å². The highest BCUT2D eigenvalue weighted by Gasteiger charge is 2.04. The van der Waals surface area contributed by atoms with E-state index in [4.69, 9.17) is 16.0 Å². The van der Waals surface area contributed by atoms with Crippen molar-refractivity contribution >= 4 is 11.6 Å². The van der Waals surface area contributed by atoms with Crippen molar-refractivity contribution in [3.8, 4) is 0 Å². The standard InChI is InChI=1S/C6H8ClNO/c1-4(2)6-8-3-5(7)9-6/h3-4H,1-2H3. The van der Waals surface area contributed by atoms with Crippen LogP contribution in [0.15, 0.2) is 10.6 Å². The molecule has 1 rings (SSSR count). The van der Waals surface area contributed by atoms with Gasteiger partial charge in [0.15, 0.2) is 5.89 Å². The minimum Gasteiger partial charge on any atom is -0.429 e. The fourth-order valence-electron chi connectivity index (χ4n) is 0.534. The number of rotatable bonds is 1. The average Bonchev–Trinajstić information content (AvgIpc) is 2.14. The zero-order valence-electron chi connectivity index (χ0n) is 5.39. The summed E-state index contributed by atoms with van der Waals surface area (Å²) in [5.41, 5.74) is 0. The summed E-state index contributed by atoms with van der Waals surface area (Å²) in [6.45, 7) is 4.00. The molecule has 0 atom stereocenters. The van der Waals surface area contributed by atoms with Gasteiger partial charge in [-0.1, -0.05) is 13.8 Å². The SMILES string of the molecule is CC(C)c1ncc(Cl)o1. The van der Waals surface area contributed by atoms with Crippen LogP contribution in [0.2, 0.25) is 5.22 Å². The van der Waals surface area contributed by atoms with Crippen molar-refractivity contribution in [1.29, 1.82) is 0 Å². The lowest BCUT2D eigenvalue weighted by atomic mass is 10.2. The highest BCUT2D eigenvalue weighted by molar-refractivity contribution is 6.28. The van der Waals surface area contributed by atoms with Gasteiger partial charge in [-0.25, -0.2) is 4.98 Å². The predicted octanol–water partition coefficient (Wildman–Crippen LogP) is 2.45. The summed E-state index contributed by atoms with van der Waals surface area (Å²) in [6.07, 6.45) is 1.51. The van der Waals surface area contributed by atoms with Gasteiger partial charge < -0.3 is 4.42 Å². The molecule has 0 aromatic carbocycles. The van der Waals surface area contributed by atoms with E-state index in [1.54, 1.807) is 0 Å². The second kappa shape index (κ2) is 2.40. The molecule has 1 aromatic heterocycles. The molecule has 0 spiro atoms. The summed E-state index contributed by atoms with van der Waals surface area (Å²) in [6, 6.07) is 0. The second-order valence-electron chi connectivity index (χ2n) is 2.16. The molecule has 0 radical (unpaired) electrons. The van der Waals surface area contributed by atoms with E-state index < -0.39 is 0 Å². The van der Waals surface area contributed by atoms with Gasteiger partial charge in [0.05, 0.1) is 6.20 Å². The van der Waals surface area contributed by atoms with E-state index >= 15 is 0 Å². The van der Waals surface area contributed by atoms with Gasteiger partial charge in [-0.05, 0) is 11.6 Å². The minimum atomic E-state index is 0.317. The van der Waals surface area contributed by atoms with Gasteiger partial charge in [0.1, 0.15) is 0 Å². The summed E-state index contributed by atoms with van der Waals surface area (Å²) < 4.78 is 5.00. The summed E-state index contributed by atoms with van der Waals surface area (Å²) in [4.78, 5) is 3.92. The van der Waals surface area contributed by atoms with Crippen molar-refractivity contribution in [2.75, 3.05) is 0 Å². The molecule has 0 saturated heterocycles. The van der Waals surface area contributed by atoms with Gasteiger partial charge in [0, 0.05) is 5.92 Å². The lowest BCUT2D eigenvalue weighted by Crippen LogP contribution is -1.83. The summed E-state index contributed by atoms with van der Waals surface area (Å²) in [5, 5.41) is 0.360. The van der Waals surface area contributed by atoms with Crippen LogP contribution in [-0.4, -0.2) is 4.98 Å². The predicted molar refractivity (Wildman–Crippen MR) is 35.6 cm³/mol. The Kier molecular flexibility index (Phi) is 1.76. The monoisotopic (exact) mass is 145 g/mol. The molecule has 0 aliphatic heterocycles. The van der Waals surface area contributed by atoms with Crippen molar-refractivity contribution in [1.82, 2.24) is 4.98 Å². The Morgan fingerprint density at radius 1 is 1.67 bits per heavy atom. The fourth-order valence-corrected chi connectivity index (χ4v) is 0.662. The molecule has 1 heterocycles. The van der Waals surface area contributed by atoms with Crippen LogP contribution in [0.1, 0.15) is 25.7 Å². The van der Waals surface area contributed by atoms with Crippen LogP contribution in [0.4, 0.5) is 0 Å². The first-order valence-corrected chi connectivity index (χ1v) is 3.19. The fraction of sp³-hybridized carbons (Fsp3) is 0.500. The number of oxazole rings is 1. The number of nitrogens with zero attached hydrogens (tertiary/aromatic N) is 1. The van der Waals surface area contributed by atoms with Crippen molar-refractivity contribution in [2.24, 2.45) is 0 Å². The Bertz CT molecular complexity index is 195. The van der Waals surface area contributed by atoms with E-state index in [0.29, 0.717) is 17.0 Å². The molecule has 0 saturated carbocycles. The Hall–Kier alpha value is -0.500. The molecule has 9 heavy (non-hydrogen) atoms. The lowest BCUT2D eigenvalue weighted by molar-refractivity contribution is 0.472. The normalized spacial score (nSPS) is 10.7. The Morgan fingerprint density at radius 3 is 2.56 bits per heavy atom. The second-order valence-corrected chi connectivity index (χ2v) is 2.53. The van der Waals surface area contributed by atoms with E-state index in [1.807, 2.05) is 13.8 Å². The van der Waals surface area contributed by atoms with Crippen molar-refractivity contribution in [2.45, 2.75) is 19.8 Å². The van der Waals surface area contributed by atoms with Crippen molar-refractivity contribution < 1.29 is 4.42 Å². The maximum atomic E-state index is 5.48. The van der Waals surface area contributed by atoms with Crippen LogP contribution in [0, 0.1) is 0 Å². The van der Waals surface area contributed by atoms with Gasteiger partial charge in [-0.3, -0.25) is 0 Å². The van der Waals surface area contributed by atoms with Crippen molar-refractivity contribution in [3.05, 3.63) is 17.3 Å². The van der Waals surface area contributed by atoms with Crippen LogP contribution in [0.25, 0.3) is 0 Å². The van der Waals surface area contributed by atoms with Gasteiger partial charge in [0.2, 0.25) is 5.22 Å². The van der Waals surface area contributed by atoms with Crippen LogP contribution in [0.5, 0.6) is 0 Å². The molecule has 0 amide bonds. The van der Waals surface area contributed by atoms with Gasteiger partial charge >= 0.3 is 0 Å². The van der Waals surface area contributed by atoms with Gasteiger partial charge in [-0.2, -0.15) is 0 Å². The van der Waals surface area contributed by atoms with Crippen LogP contribution in [-0.2, 0) is 0 Å². The van der Waals surface area contributed by atoms with Crippen LogP contribution in [0.3, 0.4) is 0 Å². The lowest BCUT2D eigenvalue weighted by Gasteiger charge is -1.93. The number of hydrogen-bond acceptors (Lipinski definition) is 2. The van der Waals surface area contributed by atoms with E-state index in [1.165, 1.54) is 6.20 Å². The third-order valence-corrected chi connectivity index (χ3v) is 1.16. The number of halogens is 1. The quantitative estimate of drug-likeness (QED) is 0.607. The first-order chi connectivity index (χ1) is 4.20. The summed E-state index contributed by atoms with van der Waals surface area (Å²) >= 11 is 5.48. The smallest absolute Gasteiger partial charge is 0.213 e. The zero-order chi connectivity index (χ0) is 6.85.